The van der Waals surface area contributed by atoms with Gasteiger partial charge in [0, 0.05) is 11.8 Å². The lowest BCUT2D eigenvalue weighted by molar-refractivity contribution is -0.114. The molecule has 0 aromatic heterocycles. The number of anilines is 2. The molecule has 0 saturated carbocycles. The predicted molar refractivity (Wildman–Crippen MR) is 95.0 cm³/mol. The Morgan fingerprint density at radius 1 is 1.24 bits per heavy atom. The van der Waals surface area contributed by atoms with E-state index in [1.807, 2.05) is 6.07 Å². The Hall–Kier alpha value is -3.05. The van der Waals surface area contributed by atoms with Gasteiger partial charge in [-0.2, -0.15) is 5.26 Å². The lowest BCUT2D eigenvalue weighted by Crippen LogP contribution is -2.37. The van der Waals surface area contributed by atoms with Gasteiger partial charge in [0.25, 0.3) is 0 Å². The molecule has 0 heterocycles. The largest absolute Gasteiger partial charge is 0.497 e. The van der Waals surface area contributed by atoms with Crippen LogP contribution in [0, 0.1) is 11.3 Å². The summed E-state index contributed by atoms with van der Waals surface area (Å²) in [6.07, 6.45) is 1.02. The number of nitriles is 1. The molecule has 0 spiro atoms. The van der Waals surface area contributed by atoms with Gasteiger partial charge in [0.05, 0.1) is 30.7 Å². The second kappa shape index (κ2) is 7.68. The second-order valence-corrected chi connectivity index (χ2v) is 7.12. The van der Waals surface area contributed by atoms with Crippen LogP contribution in [0.15, 0.2) is 48.5 Å². The maximum atomic E-state index is 12.3. The molecular weight excluding hydrogens is 342 g/mol. The van der Waals surface area contributed by atoms with E-state index >= 15 is 0 Å². The monoisotopic (exact) mass is 359 g/mol. The average Bonchev–Trinajstić information content (AvgIpc) is 2.59. The van der Waals surface area contributed by atoms with E-state index < -0.39 is 22.5 Å². The summed E-state index contributed by atoms with van der Waals surface area (Å²) >= 11 is 0. The van der Waals surface area contributed by atoms with Crippen LogP contribution in [0.1, 0.15) is 5.56 Å². The lowest BCUT2D eigenvalue weighted by Gasteiger charge is -2.22. The van der Waals surface area contributed by atoms with Gasteiger partial charge in [-0.15, -0.1) is 0 Å². The molecule has 0 aliphatic rings. The molecule has 0 unspecified atom stereocenters. The number of nitrogens with one attached hydrogen (secondary N) is 1. The molecule has 2 aromatic carbocycles. The number of carbonyl (C=O) groups excluding carboxylic acids is 1. The highest BCUT2D eigenvalue weighted by Crippen LogP contribution is 2.23. The highest BCUT2D eigenvalue weighted by molar-refractivity contribution is 7.92. The van der Waals surface area contributed by atoms with E-state index in [1.165, 1.54) is 19.2 Å². The smallest absolute Gasteiger partial charge is 0.245 e. The highest BCUT2D eigenvalue weighted by atomic mass is 32.2. The van der Waals surface area contributed by atoms with Gasteiger partial charge in [0.15, 0.2) is 0 Å². The fourth-order valence-electron chi connectivity index (χ4n) is 2.16. The van der Waals surface area contributed by atoms with Gasteiger partial charge in [-0.1, -0.05) is 12.1 Å². The minimum Gasteiger partial charge on any atom is -0.497 e. The summed E-state index contributed by atoms with van der Waals surface area (Å²) < 4.78 is 30.2. The summed E-state index contributed by atoms with van der Waals surface area (Å²) in [6, 6.07) is 14.8. The zero-order valence-corrected chi connectivity index (χ0v) is 14.6. The van der Waals surface area contributed by atoms with Gasteiger partial charge >= 0.3 is 0 Å². The SMILES string of the molecule is COc1cccc(N(CC(=O)Nc2cccc(C#N)c2)S(C)(=O)=O)c1. The Labute approximate surface area is 146 Å². The molecule has 1 N–H and O–H groups in total. The summed E-state index contributed by atoms with van der Waals surface area (Å²) in [5, 5.41) is 11.5. The second-order valence-electron chi connectivity index (χ2n) is 5.21. The molecular formula is C17H17N3O4S. The number of rotatable bonds is 6. The van der Waals surface area contributed by atoms with Gasteiger partial charge in [-0.3, -0.25) is 9.10 Å². The minimum atomic E-state index is -3.68. The minimum absolute atomic E-state index is 0.322. The topological polar surface area (TPSA) is 99.5 Å². The van der Waals surface area contributed by atoms with E-state index in [-0.39, 0.29) is 0 Å². The van der Waals surface area contributed by atoms with Crippen LogP contribution in [-0.4, -0.2) is 34.2 Å². The summed E-state index contributed by atoms with van der Waals surface area (Å²) in [6.45, 7) is -0.400. The molecule has 2 rings (SSSR count). The average molecular weight is 359 g/mol. The first-order valence-electron chi connectivity index (χ1n) is 7.25. The quantitative estimate of drug-likeness (QED) is 0.850. The first-order chi connectivity index (χ1) is 11.8. The zero-order chi connectivity index (χ0) is 18.4. The van der Waals surface area contributed by atoms with Crippen molar-refractivity contribution >= 4 is 27.3 Å². The van der Waals surface area contributed by atoms with Gasteiger partial charge < -0.3 is 10.1 Å². The van der Waals surface area contributed by atoms with Crippen LogP contribution in [0.4, 0.5) is 11.4 Å². The van der Waals surface area contributed by atoms with Crippen LogP contribution in [0.3, 0.4) is 0 Å². The third-order valence-electron chi connectivity index (χ3n) is 3.30. The molecule has 0 aliphatic carbocycles. The lowest BCUT2D eigenvalue weighted by atomic mass is 10.2. The van der Waals surface area contributed by atoms with Crippen molar-refractivity contribution in [2.24, 2.45) is 0 Å². The third-order valence-corrected chi connectivity index (χ3v) is 4.44. The Balaban J connectivity index is 2.22. The van der Waals surface area contributed by atoms with Crippen LogP contribution in [0.5, 0.6) is 5.75 Å². The fraction of sp³-hybridized carbons (Fsp3) is 0.176. The van der Waals surface area contributed by atoms with Crippen molar-refractivity contribution in [1.82, 2.24) is 0 Å². The summed E-state index contributed by atoms with van der Waals surface area (Å²) in [4.78, 5) is 12.3. The number of carbonyl (C=O) groups is 1. The van der Waals surface area contributed by atoms with E-state index in [9.17, 15) is 13.2 Å². The molecule has 2 aromatic rings. The van der Waals surface area contributed by atoms with Crippen LogP contribution < -0.4 is 14.4 Å². The molecule has 0 saturated heterocycles. The molecule has 1 amide bonds. The molecule has 0 bridgehead atoms. The maximum Gasteiger partial charge on any atom is 0.245 e. The summed E-state index contributed by atoms with van der Waals surface area (Å²) in [7, 11) is -2.21. The number of nitrogens with zero attached hydrogens (tertiary/aromatic N) is 2. The summed E-state index contributed by atoms with van der Waals surface area (Å²) in [5.41, 5.74) is 1.14. The Kier molecular flexibility index (Phi) is 5.62. The molecule has 8 heteroatoms. The van der Waals surface area contributed by atoms with Crippen molar-refractivity contribution in [2.45, 2.75) is 0 Å². The molecule has 0 radical (unpaired) electrons. The van der Waals surface area contributed by atoms with Gasteiger partial charge in [-0.05, 0) is 30.3 Å². The van der Waals surface area contributed by atoms with Gasteiger partial charge in [0.1, 0.15) is 12.3 Å². The zero-order valence-electron chi connectivity index (χ0n) is 13.8. The highest BCUT2D eigenvalue weighted by Gasteiger charge is 2.21. The number of hydrogen-bond acceptors (Lipinski definition) is 5. The fourth-order valence-corrected chi connectivity index (χ4v) is 3.01. The third kappa shape index (κ3) is 4.96. The van der Waals surface area contributed by atoms with Gasteiger partial charge in [-0.25, -0.2) is 8.42 Å². The normalized spacial score (nSPS) is 10.6. The van der Waals surface area contributed by atoms with E-state index in [2.05, 4.69) is 5.32 Å². The molecule has 0 fully saturated rings. The van der Waals surface area contributed by atoms with E-state index in [1.54, 1.807) is 36.4 Å². The van der Waals surface area contributed by atoms with Crippen LogP contribution >= 0.6 is 0 Å². The Morgan fingerprint density at radius 3 is 2.60 bits per heavy atom. The number of amides is 1. The first kappa shape index (κ1) is 18.3. The van der Waals surface area contributed by atoms with Crippen LogP contribution in [0.2, 0.25) is 0 Å². The Morgan fingerprint density at radius 2 is 1.96 bits per heavy atom. The summed E-state index contributed by atoms with van der Waals surface area (Å²) in [5.74, 6) is -0.0448. The molecule has 0 aliphatic heterocycles. The van der Waals surface area contributed by atoms with Crippen molar-refractivity contribution in [3.63, 3.8) is 0 Å². The standard InChI is InChI=1S/C17H17N3O4S/c1-24-16-8-4-7-15(10-16)20(25(2,22)23)12-17(21)19-14-6-3-5-13(9-14)11-18/h3-10H,12H2,1-2H3,(H,19,21). The van der Waals surface area contributed by atoms with Crippen LogP contribution in [-0.2, 0) is 14.8 Å². The van der Waals surface area contributed by atoms with E-state index in [0.29, 0.717) is 22.7 Å². The van der Waals surface area contributed by atoms with Crippen molar-refractivity contribution in [1.29, 1.82) is 5.26 Å². The first-order valence-corrected chi connectivity index (χ1v) is 9.10. The van der Waals surface area contributed by atoms with E-state index in [4.69, 9.17) is 10.00 Å². The maximum absolute atomic E-state index is 12.3. The predicted octanol–water partition coefficient (Wildman–Crippen LogP) is 1.97. The number of sulfonamides is 1. The Bertz CT molecular complexity index is 919. The van der Waals surface area contributed by atoms with Crippen molar-refractivity contribution < 1.29 is 17.9 Å². The van der Waals surface area contributed by atoms with Gasteiger partial charge in [0.2, 0.25) is 15.9 Å². The molecule has 0 atom stereocenters. The number of hydrogen-bond donors (Lipinski definition) is 1. The molecule has 7 nitrogen and oxygen atoms in total. The number of benzene rings is 2. The number of ether oxygens (including phenoxy) is 1. The van der Waals surface area contributed by atoms with Crippen molar-refractivity contribution in [2.75, 3.05) is 29.5 Å². The van der Waals surface area contributed by atoms with Crippen molar-refractivity contribution in [3.05, 3.63) is 54.1 Å². The number of methoxy groups -OCH3 is 1. The van der Waals surface area contributed by atoms with Crippen molar-refractivity contribution in [3.8, 4) is 11.8 Å². The molecule has 130 valence electrons. The van der Waals surface area contributed by atoms with E-state index in [0.717, 1.165) is 10.6 Å². The molecule has 25 heavy (non-hydrogen) atoms. The van der Waals surface area contributed by atoms with Crippen LogP contribution in [0.25, 0.3) is 0 Å².